The number of nitrogens with one attached hydrogen (secondary N) is 2. The third kappa shape index (κ3) is 6.15. The van der Waals surface area contributed by atoms with E-state index in [9.17, 15) is 0 Å². The summed E-state index contributed by atoms with van der Waals surface area (Å²) in [6.07, 6.45) is 4.30. The molecular weight excluding hydrogens is 290 g/mol. The molecule has 1 fully saturated rings. The van der Waals surface area contributed by atoms with E-state index in [2.05, 4.69) is 32.4 Å². The van der Waals surface area contributed by atoms with Gasteiger partial charge in [0.05, 0.1) is 18.8 Å². The number of nitrogens with zero attached hydrogens (tertiary/aromatic N) is 3. The molecule has 1 aliphatic rings. The summed E-state index contributed by atoms with van der Waals surface area (Å²) in [4.78, 5) is 11.4. The van der Waals surface area contributed by atoms with Gasteiger partial charge in [-0.3, -0.25) is 9.88 Å². The summed E-state index contributed by atoms with van der Waals surface area (Å²) in [7, 11) is 1.76. The third-order valence-electron chi connectivity index (χ3n) is 4.06. The first-order valence-corrected chi connectivity index (χ1v) is 8.48. The number of rotatable bonds is 8. The molecule has 0 radical (unpaired) electrons. The first kappa shape index (κ1) is 17.7. The highest BCUT2D eigenvalue weighted by Crippen LogP contribution is 2.15. The first-order valence-electron chi connectivity index (χ1n) is 8.48. The van der Waals surface area contributed by atoms with Gasteiger partial charge in [0.1, 0.15) is 0 Å². The molecule has 0 amide bonds. The van der Waals surface area contributed by atoms with Gasteiger partial charge in [0.25, 0.3) is 0 Å². The Hall–Kier alpha value is -1.66. The lowest BCUT2D eigenvalue weighted by atomic mass is 10.2. The largest absolute Gasteiger partial charge is 0.383 e. The van der Waals surface area contributed by atoms with Gasteiger partial charge in [0.2, 0.25) is 0 Å². The lowest BCUT2D eigenvalue weighted by Crippen LogP contribution is -2.45. The van der Waals surface area contributed by atoms with Crippen LogP contribution in [-0.4, -0.2) is 61.8 Å². The molecule has 1 aromatic heterocycles. The van der Waals surface area contributed by atoms with E-state index >= 15 is 0 Å². The average Bonchev–Trinajstić information content (AvgIpc) is 3.04. The van der Waals surface area contributed by atoms with Crippen molar-refractivity contribution in [1.82, 2.24) is 20.5 Å². The SMILES string of the molecule is CCNC(=NCc1ccccn1)NCC1CCCN1CCOC. The van der Waals surface area contributed by atoms with E-state index in [1.54, 1.807) is 13.3 Å². The summed E-state index contributed by atoms with van der Waals surface area (Å²) < 4.78 is 5.20. The van der Waals surface area contributed by atoms with Crippen molar-refractivity contribution < 1.29 is 4.74 Å². The molecule has 6 heteroatoms. The Morgan fingerprint density at radius 2 is 2.35 bits per heavy atom. The van der Waals surface area contributed by atoms with Crippen LogP contribution < -0.4 is 10.6 Å². The van der Waals surface area contributed by atoms with Crippen molar-refractivity contribution in [3.8, 4) is 0 Å². The van der Waals surface area contributed by atoms with Gasteiger partial charge in [-0.05, 0) is 38.4 Å². The highest BCUT2D eigenvalue weighted by Gasteiger charge is 2.23. The lowest BCUT2D eigenvalue weighted by Gasteiger charge is -2.25. The second-order valence-corrected chi connectivity index (χ2v) is 5.72. The minimum atomic E-state index is 0.559. The second-order valence-electron chi connectivity index (χ2n) is 5.72. The molecule has 128 valence electrons. The van der Waals surface area contributed by atoms with Crippen LogP contribution in [0.15, 0.2) is 29.4 Å². The summed E-state index contributed by atoms with van der Waals surface area (Å²) in [5.74, 6) is 0.858. The molecule has 0 bridgehead atoms. The highest BCUT2D eigenvalue weighted by atomic mass is 16.5. The molecule has 1 atom stereocenters. The third-order valence-corrected chi connectivity index (χ3v) is 4.06. The molecule has 2 N–H and O–H groups in total. The van der Waals surface area contributed by atoms with Crippen LogP contribution in [0.5, 0.6) is 0 Å². The fourth-order valence-electron chi connectivity index (χ4n) is 2.84. The summed E-state index contributed by atoms with van der Waals surface area (Å²) >= 11 is 0. The molecular formula is C17H29N5O. The first-order chi connectivity index (χ1) is 11.3. The molecule has 0 spiro atoms. The van der Waals surface area contributed by atoms with Gasteiger partial charge in [0, 0.05) is 39.0 Å². The minimum absolute atomic E-state index is 0.559. The van der Waals surface area contributed by atoms with Crippen molar-refractivity contribution in [3.63, 3.8) is 0 Å². The number of ether oxygens (including phenoxy) is 1. The van der Waals surface area contributed by atoms with Crippen LogP contribution in [0.3, 0.4) is 0 Å². The molecule has 2 rings (SSSR count). The second kappa shape index (κ2) is 10.2. The maximum Gasteiger partial charge on any atom is 0.191 e. The zero-order valence-electron chi connectivity index (χ0n) is 14.3. The molecule has 1 unspecified atom stereocenters. The Morgan fingerprint density at radius 1 is 1.43 bits per heavy atom. The standard InChI is InChI=1S/C17H29N5O/c1-3-18-17(20-13-15-7-4-5-9-19-15)21-14-16-8-6-10-22(16)11-12-23-2/h4-5,7,9,16H,3,6,8,10-14H2,1-2H3,(H2,18,20,21). The van der Waals surface area contributed by atoms with Crippen molar-refractivity contribution in [1.29, 1.82) is 0 Å². The van der Waals surface area contributed by atoms with Gasteiger partial charge in [-0.25, -0.2) is 4.99 Å². The number of pyridine rings is 1. The number of aromatic nitrogens is 1. The number of guanidine groups is 1. The molecule has 0 aromatic carbocycles. The number of likely N-dealkylation sites (tertiary alicyclic amines) is 1. The maximum atomic E-state index is 5.20. The van der Waals surface area contributed by atoms with Crippen molar-refractivity contribution >= 4 is 5.96 Å². The Bertz CT molecular complexity index is 465. The Labute approximate surface area is 139 Å². The normalized spacial score (nSPS) is 19.0. The molecule has 6 nitrogen and oxygen atoms in total. The molecule has 1 aliphatic heterocycles. The Kier molecular flexibility index (Phi) is 7.83. The van der Waals surface area contributed by atoms with Crippen LogP contribution >= 0.6 is 0 Å². The summed E-state index contributed by atoms with van der Waals surface area (Å²) in [5, 5.41) is 6.77. The van der Waals surface area contributed by atoms with Gasteiger partial charge in [0.15, 0.2) is 5.96 Å². The number of hydrogen-bond acceptors (Lipinski definition) is 4. The Morgan fingerprint density at radius 3 is 3.09 bits per heavy atom. The van der Waals surface area contributed by atoms with Crippen LogP contribution in [0.4, 0.5) is 0 Å². The van der Waals surface area contributed by atoms with Crippen molar-refractivity contribution in [2.75, 3.05) is 39.9 Å². The molecule has 1 saturated heterocycles. The fourth-order valence-corrected chi connectivity index (χ4v) is 2.84. The number of aliphatic imine (C=N–C) groups is 1. The van der Waals surface area contributed by atoms with Gasteiger partial charge in [-0.1, -0.05) is 6.07 Å². The van der Waals surface area contributed by atoms with E-state index < -0.39 is 0 Å². The van der Waals surface area contributed by atoms with E-state index in [0.717, 1.165) is 44.4 Å². The molecule has 1 aromatic rings. The minimum Gasteiger partial charge on any atom is -0.383 e. The van der Waals surface area contributed by atoms with Crippen LogP contribution in [0, 0.1) is 0 Å². The van der Waals surface area contributed by atoms with Crippen molar-refractivity contribution in [3.05, 3.63) is 30.1 Å². The van der Waals surface area contributed by atoms with E-state index in [0.29, 0.717) is 12.6 Å². The topological polar surface area (TPSA) is 61.8 Å². The predicted octanol–water partition coefficient (Wildman–Crippen LogP) is 1.25. The number of hydrogen-bond donors (Lipinski definition) is 2. The van der Waals surface area contributed by atoms with E-state index in [1.807, 2.05) is 18.2 Å². The van der Waals surface area contributed by atoms with E-state index in [1.165, 1.54) is 12.8 Å². The summed E-state index contributed by atoms with van der Waals surface area (Å²) in [6, 6.07) is 6.47. The summed E-state index contributed by atoms with van der Waals surface area (Å²) in [6.45, 7) is 7.41. The highest BCUT2D eigenvalue weighted by molar-refractivity contribution is 5.79. The van der Waals surface area contributed by atoms with Crippen LogP contribution in [0.2, 0.25) is 0 Å². The van der Waals surface area contributed by atoms with Gasteiger partial charge in [-0.15, -0.1) is 0 Å². The van der Waals surface area contributed by atoms with Crippen molar-refractivity contribution in [2.45, 2.75) is 32.4 Å². The quantitative estimate of drug-likeness (QED) is 0.558. The predicted molar refractivity (Wildman–Crippen MR) is 93.5 cm³/mol. The average molecular weight is 319 g/mol. The van der Waals surface area contributed by atoms with Crippen LogP contribution in [0.25, 0.3) is 0 Å². The molecule has 23 heavy (non-hydrogen) atoms. The lowest BCUT2D eigenvalue weighted by molar-refractivity contribution is 0.141. The monoisotopic (exact) mass is 319 g/mol. The van der Waals surface area contributed by atoms with Crippen molar-refractivity contribution in [2.24, 2.45) is 4.99 Å². The summed E-state index contributed by atoms with van der Waals surface area (Å²) in [5.41, 5.74) is 0.979. The van der Waals surface area contributed by atoms with Gasteiger partial charge >= 0.3 is 0 Å². The van der Waals surface area contributed by atoms with Gasteiger partial charge in [-0.2, -0.15) is 0 Å². The van der Waals surface area contributed by atoms with Crippen LogP contribution in [0.1, 0.15) is 25.5 Å². The molecule has 2 heterocycles. The molecule has 0 saturated carbocycles. The Balaban J connectivity index is 1.84. The molecule has 0 aliphatic carbocycles. The van der Waals surface area contributed by atoms with E-state index in [-0.39, 0.29) is 0 Å². The van der Waals surface area contributed by atoms with E-state index in [4.69, 9.17) is 4.74 Å². The fraction of sp³-hybridized carbons (Fsp3) is 0.647. The van der Waals surface area contributed by atoms with Crippen LogP contribution in [-0.2, 0) is 11.3 Å². The van der Waals surface area contributed by atoms with Gasteiger partial charge < -0.3 is 15.4 Å². The maximum absolute atomic E-state index is 5.20. The zero-order valence-corrected chi connectivity index (χ0v) is 14.3. The number of methoxy groups -OCH3 is 1. The smallest absolute Gasteiger partial charge is 0.191 e. The zero-order chi connectivity index (χ0) is 16.3.